The Balaban J connectivity index is 1.91. The molecule has 4 heteroatoms. The Morgan fingerprint density at radius 1 is 1.33 bits per heavy atom. The lowest BCUT2D eigenvalue weighted by atomic mass is 10.2. The molecule has 2 heterocycles. The van der Waals surface area contributed by atoms with E-state index in [0.717, 1.165) is 25.9 Å². The predicted octanol–water partition coefficient (Wildman–Crippen LogP) is 1.94. The zero-order valence-electron chi connectivity index (χ0n) is 8.44. The summed E-state index contributed by atoms with van der Waals surface area (Å²) in [6, 6.07) is 3.60. The van der Waals surface area contributed by atoms with Gasteiger partial charge >= 0.3 is 0 Å². The summed E-state index contributed by atoms with van der Waals surface area (Å²) in [6.45, 7) is 1.63. The summed E-state index contributed by atoms with van der Waals surface area (Å²) in [6.07, 6.45) is 2.17. The van der Waals surface area contributed by atoms with Gasteiger partial charge in [0.2, 0.25) is 5.91 Å². The summed E-state index contributed by atoms with van der Waals surface area (Å²) in [5.74, 6) is -0.0761. The van der Waals surface area contributed by atoms with E-state index in [1.54, 1.807) is 11.0 Å². The van der Waals surface area contributed by atoms with E-state index >= 15 is 0 Å². The third-order valence-electron chi connectivity index (χ3n) is 2.57. The van der Waals surface area contributed by atoms with Crippen molar-refractivity contribution in [1.29, 1.82) is 0 Å². The highest BCUT2D eigenvalue weighted by Crippen LogP contribution is 2.14. The van der Waals surface area contributed by atoms with Crippen LogP contribution in [0.2, 0.25) is 0 Å². The average molecular weight is 223 g/mol. The van der Waals surface area contributed by atoms with E-state index in [1.807, 2.05) is 11.4 Å². The molecule has 0 aliphatic carbocycles. The molecule has 80 valence electrons. The normalized spacial score (nSPS) is 15.6. The number of hydrogen-bond donors (Lipinski definition) is 0. The fourth-order valence-electron chi connectivity index (χ4n) is 1.74. The monoisotopic (exact) mass is 223 g/mol. The van der Waals surface area contributed by atoms with Gasteiger partial charge in [-0.1, -0.05) is 6.07 Å². The molecule has 1 aromatic rings. The molecule has 1 fully saturated rings. The minimum atomic E-state index is -0.0538. The smallest absolute Gasteiger partial charge is 0.230 e. The molecule has 0 saturated carbocycles. The molecule has 1 amide bonds. The lowest BCUT2D eigenvalue weighted by Gasteiger charge is -2.13. The number of thiophene rings is 1. The highest BCUT2D eigenvalue weighted by molar-refractivity contribution is 7.12. The van der Waals surface area contributed by atoms with Crippen molar-refractivity contribution in [2.24, 2.45) is 0 Å². The molecule has 3 nitrogen and oxygen atoms in total. The Morgan fingerprint density at radius 3 is 2.67 bits per heavy atom. The van der Waals surface area contributed by atoms with E-state index in [1.165, 1.54) is 11.3 Å². The van der Waals surface area contributed by atoms with Gasteiger partial charge in [-0.15, -0.1) is 11.3 Å². The minimum absolute atomic E-state index is 0.0223. The van der Waals surface area contributed by atoms with Crippen LogP contribution in [0.5, 0.6) is 0 Å². The average Bonchev–Trinajstić information content (AvgIpc) is 2.91. The van der Waals surface area contributed by atoms with E-state index < -0.39 is 0 Å². The molecule has 0 bridgehead atoms. The number of nitrogens with zero attached hydrogens (tertiary/aromatic N) is 1. The predicted molar refractivity (Wildman–Crippen MR) is 59.1 cm³/mol. The molecule has 0 atom stereocenters. The maximum Gasteiger partial charge on any atom is 0.230 e. The third-order valence-corrected chi connectivity index (χ3v) is 3.48. The quantitative estimate of drug-likeness (QED) is 0.580. The number of hydrogen-bond acceptors (Lipinski definition) is 3. The van der Waals surface area contributed by atoms with Crippen LogP contribution in [0.1, 0.15) is 28.9 Å². The van der Waals surface area contributed by atoms with Gasteiger partial charge in [0, 0.05) is 13.1 Å². The van der Waals surface area contributed by atoms with E-state index in [-0.39, 0.29) is 18.1 Å². The lowest BCUT2D eigenvalue weighted by Crippen LogP contribution is -2.29. The van der Waals surface area contributed by atoms with Crippen LogP contribution in [0.15, 0.2) is 17.5 Å². The SMILES string of the molecule is O=C(CC(=O)N1CCCC1)c1cccs1. The Labute approximate surface area is 92.7 Å². The lowest BCUT2D eigenvalue weighted by molar-refractivity contribution is -0.129. The Bertz CT molecular complexity index is 353. The maximum atomic E-state index is 11.7. The Morgan fingerprint density at radius 2 is 2.07 bits per heavy atom. The van der Waals surface area contributed by atoms with Crippen LogP contribution in [0.25, 0.3) is 0 Å². The molecule has 0 spiro atoms. The summed E-state index contributed by atoms with van der Waals surface area (Å²) < 4.78 is 0. The highest BCUT2D eigenvalue weighted by Gasteiger charge is 2.21. The van der Waals surface area contributed by atoms with Crippen molar-refractivity contribution in [3.05, 3.63) is 22.4 Å². The van der Waals surface area contributed by atoms with E-state index in [4.69, 9.17) is 0 Å². The van der Waals surface area contributed by atoms with Crippen molar-refractivity contribution in [1.82, 2.24) is 4.90 Å². The zero-order chi connectivity index (χ0) is 10.7. The van der Waals surface area contributed by atoms with E-state index in [2.05, 4.69) is 0 Å². The van der Waals surface area contributed by atoms with Crippen LogP contribution in [0, 0.1) is 0 Å². The van der Waals surface area contributed by atoms with E-state index in [0.29, 0.717) is 4.88 Å². The molecule has 0 N–H and O–H groups in total. The van der Waals surface area contributed by atoms with Crippen molar-refractivity contribution in [2.75, 3.05) is 13.1 Å². The maximum absolute atomic E-state index is 11.7. The van der Waals surface area contributed by atoms with Crippen LogP contribution in [-0.2, 0) is 4.79 Å². The molecule has 1 saturated heterocycles. The number of carbonyl (C=O) groups is 2. The van der Waals surface area contributed by atoms with Crippen LogP contribution in [0.4, 0.5) is 0 Å². The van der Waals surface area contributed by atoms with Crippen LogP contribution in [0.3, 0.4) is 0 Å². The standard InChI is InChI=1S/C11H13NO2S/c13-9(10-4-3-7-15-10)8-11(14)12-5-1-2-6-12/h3-4,7H,1-2,5-6,8H2. The van der Waals surface area contributed by atoms with Gasteiger partial charge in [-0.05, 0) is 24.3 Å². The van der Waals surface area contributed by atoms with Gasteiger partial charge in [0.15, 0.2) is 5.78 Å². The molecule has 0 unspecified atom stereocenters. The summed E-state index contributed by atoms with van der Waals surface area (Å²) in [5, 5.41) is 1.85. The van der Waals surface area contributed by atoms with Crippen molar-refractivity contribution >= 4 is 23.0 Å². The number of carbonyl (C=O) groups excluding carboxylic acids is 2. The fourth-order valence-corrected chi connectivity index (χ4v) is 2.40. The van der Waals surface area contributed by atoms with E-state index in [9.17, 15) is 9.59 Å². The Kier molecular flexibility index (Phi) is 3.16. The second-order valence-corrected chi connectivity index (χ2v) is 4.61. The van der Waals surface area contributed by atoms with Crippen LogP contribution >= 0.6 is 11.3 Å². The first-order valence-electron chi connectivity index (χ1n) is 5.12. The van der Waals surface area contributed by atoms with Gasteiger partial charge in [-0.2, -0.15) is 0 Å². The minimum Gasteiger partial charge on any atom is -0.342 e. The molecule has 1 aliphatic rings. The van der Waals surface area contributed by atoms with Crippen molar-refractivity contribution in [3.63, 3.8) is 0 Å². The Hall–Kier alpha value is -1.16. The second-order valence-electron chi connectivity index (χ2n) is 3.67. The van der Waals surface area contributed by atoms with Gasteiger partial charge in [-0.3, -0.25) is 9.59 Å². The molecule has 1 aliphatic heterocycles. The summed E-state index contributed by atoms with van der Waals surface area (Å²) >= 11 is 1.40. The number of likely N-dealkylation sites (tertiary alicyclic amines) is 1. The first-order valence-corrected chi connectivity index (χ1v) is 6.00. The topological polar surface area (TPSA) is 37.4 Å². The van der Waals surface area contributed by atoms with Gasteiger partial charge in [0.05, 0.1) is 11.3 Å². The molecular weight excluding hydrogens is 210 g/mol. The number of ketones is 1. The number of rotatable bonds is 3. The summed E-state index contributed by atoms with van der Waals surface area (Å²) in [7, 11) is 0. The second kappa shape index (κ2) is 4.57. The fraction of sp³-hybridized carbons (Fsp3) is 0.455. The van der Waals surface area contributed by atoms with Crippen molar-refractivity contribution in [3.8, 4) is 0 Å². The first kappa shape index (κ1) is 10.4. The van der Waals surface area contributed by atoms with Gasteiger partial charge in [0.1, 0.15) is 0 Å². The van der Waals surface area contributed by atoms with Gasteiger partial charge in [-0.25, -0.2) is 0 Å². The largest absolute Gasteiger partial charge is 0.342 e. The molecule has 1 aromatic heterocycles. The molecule has 0 aromatic carbocycles. The first-order chi connectivity index (χ1) is 7.27. The summed E-state index contributed by atoms with van der Waals surface area (Å²) in [4.78, 5) is 25.8. The number of amides is 1. The molecule has 2 rings (SSSR count). The van der Waals surface area contributed by atoms with Gasteiger partial charge < -0.3 is 4.90 Å². The van der Waals surface area contributed by atoms with Crippen LogP contribution < -0.4 is 0 Å². The van der Waals surface area contributed by atoms with Crippen LogP contribution in [-0.4, -0.2) is 29.7 Å². The molecular formula is C11H13NO2S. The number of Topliss-reactive ketones (excluding diaryl/α,β-unsaturated/α-hetero) is 1. The molecule has 15 heavy (non-hydrogen) atoms. The third kappa shape index (κ3) is 2.45. The van der Waals surface area contributed by atoms with Gasteiger partial charge in [0.25, 0.3) is 0 Å². The molecule has 0 radical (unpaired) electrons. The van der Waals surface area contributed by atoms with Crippen molar-refractivity contribution < 1.29 is 9.59 Å². The highest BCUT2D eigenvalue weighted by atomic mass is 32.1. The summed E-state index contributed by atoms with van der Waals surface area (Å²) in [5.41, 5.74) is 0. The zero-order valence-corrected chi connectivity index (χ0v) is 9.26. The van der Waals surface area contributed by atoms with Crippen molar-refractivity contribution in [2.45, 2.75) is 19.3 Å².